The van der Waals surface area contributed by atoms with Crippen LogP contribution < -0.4 is 14.4 Å². The molecule has 0 aromatic heterocycles. The van der Waals surface area contributed by atoms with Gasteiger partial charge >= 0.3 is 5.97 Å². The standard InChI is InChI=1S/C20H14BrNO5/c21-12-2-4-13(5-3-12)22-15-9-25-20(24)19(15)14(8-18(22)23)11-1-6-16-17(7-11)27-10-26-16/h1-7,14H,8-10H2/t14-/m0/s1. The molecule has 1 atom stereocenters. The molecule has 0 saturated carbocycles. The van der Waals surface area contributed by atoms with Crippen molar-refractivity contribution in [3.05, 3.63) is 63.8 Å². The molecule has 2 aromatic rings. The van der Waals surface area contributed by atoms with Crippen molar-refractivity contribution in [2.24, 2.45) is 0 Å². The fourth-order valence-electron chi connectivity index (χ4n) is 3.76. The SMILES string of the molecule is O=C1OCC2=C1[C@H](c1ccc3c(c1)OCO3)CC(=O)N2c1ccc(Br)cc1. The molecule has 0 unspecified atom stereocenters. The maximum atomic E-state index is 13.0. The molecule has 2 aromatic carbocycles. The summed E-state index contributed by atoms with van der Waals surface area (Å²) in [6.45, 7) is 0.271. The number of hydrogen-bond donors (Lipinski definition) is 0. The summed E-state index contributed by atoms with van der Waals surface area (Å²) in [5.74, 6) is 0.493. The number of hydrogen-bond acceptors (Lipinski definition) is 5. The molecule has 0 aliphatic carbocycles. The van der Waals surface area contributed by atoms with Crippen LogP contribution in [0.25, 0.3) is 0 Å². The van der Waals surface area contributed by atoms with Crippen LogP contribution in [0.5, 0.6) is 11.5 Å². The Hall–Kier alpha value is -2.80. The highest BCUT2D eigenvalue weighted by molar-refractivity contribution is 9.10. The average molecular weight is 428 g/mol. The molecule has 0 radical (unpaired) electrons. The van der Waals surface area contributed by atoms with Crippen molar-refractivity contribution in [1.82, 2.24) is 0 Å². The first kappa shape index (κ1) is 16.4. The van der Waals surface area contributed by atoms with E-state index in [2.05, 4.69) is 15.9 Å². The number of fused-ring (bicyclic) bond motifs is 1. The predicted octanol–water partition coefficient (Wildman–Crippen LogP) is 3.51. The smallest absolute Gasteiger partial charge is 0.336 e. The zero-order chi connectivity index (χ0) is 18.5. The van der Waals surface area contributed by atoms with Gasteiger partial charge in [0, 0.05) is 22.5 Å². The van der Waals surface area contributed by atoms with Gasteiger partial charge in [-0.3, -0.25) is 9.69 Å². The number of esters is 1. The Balaban J connectivity index is 1.60. The summed E-state index contributed by atoms with van der Waals surface area (Å²) in [7, 11) is 0. The molecule has 27 heavy (non-hydrogen) atoms. The van der Waals surface area contributed by atoms with Crippen LogP contribution in [0.3, 0.4) is 0 Å². The van der Waals surface area contributed by atoms with E-state index in [0.29, 0.717) is 22.8 Å². The minimum Gasteiger partial charge on any atom is -0.456 e. The summed E-state index contributed by atoms with van der Waals surface area (Å²) >= 11 is 3.40. The van der Waals surface area contributed by atoms with Crippen molar-refractivity contribution in [1.29, 1.82) is 0 Å². The van der Waals surface area contributed by atoms with Crippen LogP contribution >= 0.6 is 15.9 Å². The van der Waals surface area contributed by atoms with Crippen LogP contribution in [-0.2, 0) is 14.3 Å². The van der Waals surface area contributed by atoms with E-state index < -0.39 is 0 Å². The Bertz CT molecular complexity index is 998. The number of amides is 1. The van der Waals surface area contributed by atoms with E-state index >= 15 is 0 Å². The minimum absolute atomic E-state index is 0.0722. The van der Waals surface area contributed by atoms with Crippen molar-refractivity contribution >= 4 is 33.5 Å². The fraction of sp³-hybridized carbons (Fsp3) is 0.200. The zero-order valence-electron chi connectivity index (χ0n) is 14.1. The van der Waals surface area contributed by atoms with E-state index in [4.69, 9.17) is 14.2 Å². The van der Waals surface area contributed by atoms with Gasteiger partial charge in [0.25, 0.3) is 0 Å². The molecular weight excluding hydrogens is 414 g/mol. The van der Waals surface area contributed by atoms with Gasteiger partial charge < -0.3 is 14.2 Å². The molecule has 7 heteroatoms. The molecule has 0 N–H and O–H groups in total. The Morgan fingerprint density at radius 3 is 2.56 bits per heavy atom. The van der Waals surface area contributed by atoms with Crippen molar-refractivity contribution in [2.75, 3.05) is 18.3 Å². The Morgan fingerprint density at radius 1 is 0.963 bits per heavy atom. The van der Waals surface area contributed by atoms with Gasteiger partial charge in [0.15, 0.2) is 11.5 Å². The molecule has 5 rings (SSSR count). The van der Waals surface area contributed by atoms with Crippen LogP contribution in [-0.4, -0.2) is 25.3 Å². The second kappa shape index (κ2) is 6.13. The molecule has 3 aliphatic heterocycles. The number of carbonyl (C=O) groups is 2. The molecule has 3 heterocycles. The van der Waals surface area contributed by atoms with Gasteiger partial charge in [0.2, 0.25) is 12.7 Å². The normalized spacial score (nSPS) is 20.8. The van der Waals surface area contributed by atoms with Gasteiger partial charge in [-0.15, -0.1) is 0 Å². The third kappa shape index (κ3) is 2.61. The number of ether oxygens (including phenoxy) is 3. The predicted molar refractivity (Wildman–Crippen MR) is 99.5 cm³/mol. The van der Waals surface area contributed by atoms with Gasteiger partial charge in [-0.05, 0) is 42.0 Å². The highest BCUT2D eigenvalue weighted by Gasteiger charge is 2.43. The number of rotatable bonds is 2. The number of carbonyl (C=O) groups excluding carboxylic acids is 2. The molecule has 136 valence electrons. The molecule has 3 aliphatic rings. The van der Waals surface area contributed by atoms with Gasteiger partial charge in [0.05, 0.1) is 11.3 Å². The Labute approximate surface area is 163 Å². The summed E-state index contributed by atoms with van der Waals surface area (Å²) in [5, 5.41) is 0. The molecule has 6 nitrogen and oxygen atoms in total. The monoisotopic (exact) mass is 427 g/mol. The lowest BCUT2D eigenvalue weighted by Gasteiger charge is -2.32. The zero-order valence-corrected chi connectivity index (χ0v) is 15.7. The van der Waals surface area contributed by atoms with E-state index in [9.17, 15) is 9.59 Å². The van der Waals surface area contributed by atoms with E-state index in [-0.39, 0.29) is 37.6 Å². The molecule has 1 amide bonds. The van der Waals surface area contributed by atoms with E-state index in [0.717, 1.165) is 15.7 Å². The van der Waals surface area contributed by atoms with Crippen molar-refractivity contribution in [2.45, 2.75) is 12.3 Å². The first-order valence-corrected chi connectivity index (χ1v) is 9.29. The average Bonchev–Trinajstić information content (AvgIpc) is 3.28. The molecule has 0 spiro atoms. The number of halogens is 1. The fourth-order valence-corrected chi connectivity index (χ4v) is 4.02. The van der Waals surface area contributed by atoms with Crippen molar-refractivity contribution < 1.29 is 23.8 Å². The summed E-state index contributed by atoms with van der Waals surface area (Å²) in [5.41, 5.74) is 2.71. The highest BCUT2D eigenvalue weighted by Crippen LogP contribution is 2.44. The molecule has 0 saturated heterocycles. The van der Waals surface area contributed by atoms with Crippen LogP contribution in [0.1, 0.15) is 17.9 Å². The number of nitrogens with zero attached hydrogens (tertiary/aromatic N) is 1. The van der Waals surface area contributed by atoms with Crippen molar-refractivity contribution in [3.8, 4) is 11.5 Å². The second-order valence-electron chi connectivity index (χ2n) is 6.51. The minimum atomic E-state index is -0.373. The Kier molecular flexibility index (Phi) is 3.72. The maximum absolute atomic E-state index is 13.0. The van der Waals surface area contributed by atoms with Crippen LogP contribution in [0.4, 0.5) is 5.69 Å². The second-order valence-corrected chi connectivity index (χ2v) is 7.43. The summed E-state index contributed by atoms with van der Waals surface area (Å²) in [6.07, 6.45) is 0.184. The van der Waals surface area contributed by atoms with Crippen molar-refractivity contribution in [3.63, 3.8) is 0 Å². The largest absolute Gasteiger partial charge is 0.456 e. The van der Waals surface area contributed by atoms with Gasteiger partial charge in [-0.2, -0.15) is 0 Å². The van der Waals surface area contributed by atoms with E-state index in [1.165, 1.54) is 0 Å². The molecule has 0 bridgehead atoms. The van der Waals surface area contributed by atoms with Gasteiger partial charge in [-0.1, -0.05) is 22.0 Å². The van der Waals surface area contributed by atoms with Crippen LogP contribution in [0.15, 0.2) is 58.2 Å². The molecular formula is C20H14BrNO5. The lowest BCUT2D eigenvalue weighted by atomic mass is 9.84. The van der Waals surface area contributed by atoms with E-state index in [1.807, 2.05) is 42.5 Å². The first-order chi connectivity index (χ1) is 13.1. The number of anilines is 1. The third-order valence-electron chi connectivity index (χ3n) is 5.00. The summed E-state index contributed by atoms with van der Waals surface area (Å²) in [4.78, 5) is 27.1. The van der Waals surface area contributed by atoms with E-state index in [1.54, 1.807) is 4.90 Å². The lowest BCUT2D eigenvalue weighted by Crippen LogP contribution is -2.37. The summed E-state index contributed by atoms with van der Waals surface area (Å²) in [6, 6.07) is 12.9. The number of benzene rings is 2. The third-order valence-corrected chi connectivity index (χ3v) is 5.53. The lowest BCUT2D eigenvalue weighted by molar-refractivity contribution is -0.136. The summed E-state index contributed by atoms with van der Waals surface area (Å²) < 4.78 is 17.0. The maximum Gasteiger partial charge on any atom is 0.336 e. The highest BCUT2D eigenvalue weighted by atomic mass is 79.9. The van der Waals surface area contributed by atoms with Crippen LogP contribution in [0.2, 0.25) is 0 Å². The molecule has 0 fully saturated rings. The number of cyclic esters (lactones) is 1. The van der Waals surface area contributed by atoms with Gasteiger partial charge in [-0.25, -0.2) is 4.79 Å². The topological polar surface area (TPSA) is 65.1 Å². The Morgan fingerprint density at radius 2 is 1.74 bits per heavy atom. The van der Waals surface area contributed by atoms with Gasteiger partial charge in [0.1, 0.15) is 6.61 Å². The quantitative estimate of drug-likeness (QED) is 0.686. The first-order valence-electron chi connectivity index (χ1n) is 8.50. The van der Waals surface area contributed by atoms with Crippen LogP contribution in [0, 0.1) is 0 Å².